The quantitative estimate of drug-likeness (QED) is 0.254. The van der Waals surface area contributed by atoms with E-state index >= 15 is 0 Å². The molecule has 0 heterocycles. The molecule has 0 aromatic heterocycles. The molecule has 0 spiro atoms. The van der Waals surface area contributed by atoms with Crippen molar-refractivity contribution >= 4 is 0 Å². The maximum absolute atomic E-state index is 3.87. The lowest BCUT2D eigenvalue weighted by Gasteiger charge is -1.99. The monoisotopic (exact) mass is 249 g/mol. The predicted molar refractivity (Wildman–Crippen MR) is 84.7 cm³/mol. The Morgan fingerprint density at radius 2 is 1.17 bits per heavy atom. The number of rotatable bonds is 13. The first-order valence-corrected chi connectivity index (χ1v) is 8.02. The molecule has 0 unspecified atom stereocenters. The van der Waals surface area contributed by atoms with Crippen LogP contribution in [0.4, 0.5) is 0 Å². The normalized spacial score (nSPS) is 11.9. The molecular weight excluding hydrogens is 216 g/mol. The summed E-state index contributed by atoms with van der Waals surface area (Å²) in [5.41, 5.74) is 0. The predicted octanol–water partition coefficient (Wildman–Crippen LogP) is 6.63. The van der Waals surface area contributed by atoms with Gasteiger partial charge in [-0.1, -0.05) is 95.9 Å². The van der Waals surface area contributed by atoms with Gasteiger partial charge in [0, 0.05) is 0 Å². The third-order valence-electron chi connectivity index (χ3n) is 3.23. The van der Waals surface area contributed by atoms with Gasteiger partial charge in [0.2, 0.25) is 0 Å². The molecular formula is C18H33. The van der Waals surface area contributed by atoms with Gasteiger partial charge in [0.15, 0.2) is 0 Å². The Bertz CT molecular complexity index is 188. The fourth-order valence-corrected chi connectivity index (χ4v) is 1.99. The average molecular weight is 249 g/mol. The van der Waals surface area contributed by atoms with Crippen LogP contribution < -0.4 is 0 Å². The zero-order valence-electron chi connectivity index (χ0n) is 12.5. The molecule has 105 valence electrons. The first-order chi connectivity index (χ1) is 8.91. The second kappa shape index (κ2) is 16.5. The summed E-state index contributed by atoms with van der Waals surface area (Å²) in [6.07, 6.45) is 24.9. The molecule has 0 aliphatic carbocycles. The summed E-state index contributed by atoms with van der Waals surface area (Å²) in [6.45, 7) is 6.11. The molecule has 0 saturated heterocycles. The molecule has 0 fully saturated rings. The van der Waals surface area contributed by atoms with Gasteiger partial charge >= 0.3 is 0 Å². The first-order valence-electron chi connectivity index (χ1n) is 8.02. The summed E-state index contributed by atoms with van der Waals surface area (Å²) in [5, 5.41) is 0. The first kappa shape index (κ1) is 17.5. The van der Waals surface area contributed by atoms with Gasteiger partial charge < -0.3 is 0 Å². The summed E-state index contributed by atoms with van der Waals surface area (Å²) in [6, 6.07) is 0. The molecule has 0 N–H and O–H groups in total. The molecule has 0 atom stereocenters. The van der Waals surface area contributed by atoms with Crippen LogP contribution in [0, 0.1) is 6.92 Å². The van der Waals surface area contributed by atoms with Crippen LogP contribution in [-0.2, 0) is 0 Å². The highest BCUT2D eigenvalue weighted by Gasteiger charge is 1.89. The van der Waals surface area contributed by atoms with E-state index in [1.54, 1.807) is 0 Å². The van der Waals surface area contributed by atoms with Crippen molar-refractivity contribution in [2.24, 2.45) is 0 Å². The van der Waals surface area contributed by atoms with Crippen molar-refractivity contribution in [2.45, 2.75) is 84.0 Å². The molecule has 0 rings (SSSR count). The van der Waals surface area contributed by atoms with E-state index in [9.17, 15) is 0 Å². The highest BCUT2D eigenvalue weighted by Crippen LogP contribution is 2.09. The topological polar surface area (TPSA) is 0 Å². The van der Waals surface area contributed by atoms with Gasteiger partial charge in [0.25, 0.3) is 0 Å². The van der Waals surface area contributed by atoms with Gasteiger partial charge in [0.05, 0.1) is 0 Å². The second-order valence-electron chi connectivity index (χ2n) is 5.12. The minimum absolute atomic E-state index is 1.11. The van der Waals surface area contributed by atoms with Crippen LogP contribution in [0.5, 0.6) is 0 Å². The largest absolute Gasteiger partial charge is 0.0845 e. The van der Waals surface area contributed by atoms with E-state index in [1.165, 1.54) is 70.6 Å². The summed E-state index contributed by atoms with van der Waals surface area (Å²) in [5.74, 6) is 0. The lowest BCUT2D eigenvalue weighted by atomic mass is 10.1. The highest BCUT2D eigenvalue weighted by molar-refractivity contribution is 5.02. The fraction of sp³-hybridized carbons (Fsp3) is 0.722. The lowest BCUT2D eigenvalue weighted by molar-refractivity contribution is 0.583. The Morgan fingerprint density at radius 3 is 1.72 bits per heavy atom. The number of unbranched alkanes of at least 4 members (excludes halogenated alkanes) is 10. The zero-order chi connectivity index (χ0) is 13.3. The van der Waals surface area contributed by atoms with Crippen molar-refractivity contribution in [2.75, 3.05) is 0 Å². The van der Waals surface area contributed by atoms with Gasteiger partial charge in [-0.2, -0.15) is 0 Å². The number of hydrogen-bond acceptors (Lipinski definition) is 0. The Hall–Kier alpha value is -0.520. The molecule has 0 heteroatoms. The molecule has 0 amide bonds. The zero-order valence-corrected chi connectivity index (χ0v) is 12.5. The molecule has 0 aromatic rings. The van der Waals surface area contributed by atoms with E-state index in [1.807, 2.05) is 0 Å². The van der Waals surface area contributed by atoms with E-state index < -0.39 is 0 Å². The van der Waals surface area contributed by atoms with Crippen molar-refractivity contribution in [3.8, 4) is 0 Å². The van der Waals surface area contributed by atoms with Crippen molar-refractivity contribution in [1.82, 2.24) is 0 Å². The molecule has 0 aliphatic heterocycles. The number of hydrogen-bond donors (Lipinski definition) is 0. The van der Waals surface area contributed by atoms with E-state index in [0.717, 1.165) is 6.42 Å². The second-order valence-corrected chi connectivity index (χ2v) is 5.12. The van der Waals surface area contributed by atoms with Gasteiger partial charge in [-0.15, -0.1) is 0 Å². The lowest BCUT2D eigenvalue weighted by Crippen LogP contribution is -1.79. The SMILES string of the molecule is [CH2]CCCCCCCCCC=CC=CCCCC. The van der Waals surface area contributed by atoms with E-state index in [4.69, 9.17) is 0 Å². The van der Waals surface area contributed by atoms with E-state index in [-0.39, 0.29) is 0 Å². The van der Waals surface area contributed by atoms with Crippen LogP contribution in [0.3, 0.4) is 0 Å². The van der Waals surface area contributed by atoms with Crippen LogP contribution >= 0.6 is 0 Å². The maximum atomic E-state index is 3.87. The summed E-state index contributed by atoms with van der Waals surface area (Å²) >= 11 is 0. The molecule has 1 radical (unpaired) electrons. The third-order valence-corrected chi connectivity index (χ3v) is 3.23. The van der Waals surface area contributed by atoms with Crippen LogP contribution in [0.1, 0.15) is 84.0 Å². The third kappa shape index (κ3) is 15.5. The van der Waals surface area contributed by atoms with Gasteiger partial charge in [-0.05, 0) is 19.3 Å². The Labute approximate surface area is 116 Å². The summed E-state index contributed by atoms with van der Waals surface area (Å²) in [7, 11) is 0. The molecule has 0 aromatic carbocycles. The minimum atomic E-state index is 1.11. The Morgan fingerprint density at radius 1 is 0.667 bits per heavy atom. The molecule has 0 aliphatic rings. The van der Waals surface area contributed by atoms with Crippen molar-refractivity contribution in [3.05, 3.63) is 31.2 Å². The molecule has 0 saturated carbocycles. The van der Waals surface area contributed by atoms with Crippen LogP contribution in [0.15, 0.2) is 24.3 Å². The van der Waals surface area contributed by atoms with E-state index in [0.29, 0.717) is 0 Å². The van der Waals surface area contributed by atoms with Gasteiger partial charge in [-0.25, -0.2) is 0 Å². The van der Waals surface area contributed by atoms with Crippen LogP contribution in [0.2, 0.25) is 0 Å². The van der Waals surface area contributed by atoms with Gasteiger partial charge in [0.1, 0.15) is 0 Å². The van der Waals surface area contributed by atoms with Crippen molar-refractivity contribution in [1.29, 1.82) is 0 Å². The van der Waals surface area contributed by atoms with Crippen molar-refractivity contribution < 1.29 is 0 Å². The highest BCUT2D eigenvalue weighted by atomic mass is 14.0. The van der Waals surface area contributed by atoms with Crippen molar-refractivity contribution in [3.63, 3.8) is 0 Å². The minimum Gasteiger partial charge on any atom is -0.0845 e. The number of allylic oxidation sites excluding steroid dienone is 4. The Balaban J connectivity index is 3.10. The van der Waals surface area contributed by atoms with E-state index in [2.05, 4.69) is 38.2 Å². The fourth-order valence-electron chi connectivity index (χ4n) is 1.99. The smallest absolute Gasteiger partial charge is 0.0348 e. The molecule has 18 heavy (non-hydrogen) atoms. The summed E-state index contributed by atoms with van der Waals surface area (Å²) < 4.78 is 0. The van der Waals surface area contributed by atoms with Crippen LogP contribution in [-0.4, -0.2) is 0 Å². The van der Waals surface area contributed by atoms with Gasteiger partial charge in [-0.3, -0.25) is 0 Å². The molecule has 0 nitrogen and oxygen atoms in total. The Kier molecular flexibility index (Phi) is 16.0. The maximum Gasteiger partial charge on any atom is -0.0348 e. The summed E-state index contributed by atoms with van der Waals surface area (Å²) in [4.78, 5) is 0. The van der Waals surface area contributed by atoms with Crippen LogP contribution in [0.25, 0.3) is 0 Å². The molecule has 0 bridgehead atoms. The standard InChI is InChI=1S/C18H33/c1-3-5-7-9-11-13-15-17-18-16-14-12-10-8-6-4-2/h10,12,14,16H,1,3-9,11,13,15,17-18H2,2H3. The average Bonchev–Trinajstić information content (AvgIpc) is 2.39.